The van der Waals surface area contributed by atoms with Crippen LogP contribution in [0.5, 0.6) is 5.75 Å². The highest BCUT2D eigenvalue weighted by Gasteiger charge is 2.39. The molecule has 1 aromatic carbocycles. The maximum Gasteiger partial charge on any atom is 0.314 e. The van der Waals surface area contributed by atoms with Crippen LogP contribution in [-0.2, 0) is 4.79 Å². The van der Waals surface area contributed by atoms with E-state index < -0.39 is 11.6 Å². The van der Waals surface area contributed by atoms with Gasteiger partial charge in [-0.15, -0.1) is 6.58 Å². The van der Waals surface area contributed by atoms with Crippen molar-refractivity contribution >= 4 is 5.97 Å². The summed E-state index contributed by atoms with van der Waals surface area (Å²) in [4.78, 5) is 12.4. The van der Waals surface area contributed by atoms with Crippen molar-refractivity contribution in [2.75, 3.05) is 0 Å². The van der Waals surface area contributed by atoms with E-state index in [9.17, 15) is 13.6 Å². The molecule has 0 amide bonds. The fourth-order valence-corrected chi connectivity index (χ4v) is 6.18. The fourth-order valence-electron chi connectivity index (χ4n) is 6.18. The normalized spacial score (nSPS) is 34.8. The summed E-state index contributed by atoms with van der Waals surface area (Å²) >= 11 is 0. The summed E-state index contributed by atoms with van der Waals surface area (Å²) in [6.07, 6.45) is 13.9. The number of ether oxygens (including phenoxy) is 1. The van der Waals surface area contributed by atoms with E-state index in [0.29, 0.717) is 5.92 Å². The van der Waals surface area contributed by atoms with Crippen LogP contribution >= 0.6 is 0 Å². The molecule has 3 fully saturated rings. The Morgan fingerprint density at radius 1 is 0.897 bits per heavy atom. The first-order chi connectivity index (χ1) is 14.0. The van der Waals surface area contributed by atoms with Gasteiger partial charge in [-0.3, -0.25) is 4.79 Å². The highest BCUT2D eigenvalue weighted by Crippen LogP contribution is 2.49. The highest BCUT2D eigenvalue weighted by atomic mass is 19.1. The van der Waals surface area contributed by atoms with Crippen LogP contribution in [0.4, 0.5) is 8.78 Å². The Hall–Kier alpha value is -1.71. The van der Waals surface area contributed by atoms with Crippen LogP contribution in [0.1, 0.15) is 64.2 Å². The van der Waals surface area contributed by atoms with Crippen molar-refractivity contribution in [3.05, 3.63) is 42.5 Å². The molecule has 3 aliphatic rings. The van der Waals surface area contributed by atoms with E-state index in [1.165, 1.54) is 44.6 Å². The summed E-state index contributed by atoms with van der Waals surface area (Å²) in [6.45, 7) is 3.99. The lowest BCUT2D eigenvalue weighted by molar-refractivity contribution is -0.140. The number of rotatable bonds is 4. The molecule has 0 aromatic heterocycles. The molecule has 0 N–H and O–H groups in total. The third kappa shape index (κ3) is 4.73. The molecule has 0 bridgehead atoms. The molecular formula is C25H32F2O2. The molecule has 4 rings (SSSR count). The van der Waals surface area contributed by atoms with Crippen LogP contribution in [0.25, 0.3) is 0 Å². The zero-order valence-corrected chi connectivity index (χ0v) is 17.1. The largest absolute Gasteiger partial charge is 0.423 e. The summed E-state index contributed by atoms with van der Waals surface area (Å²) in [7, 11) is 0. The van der Waals surface area contributed by atoms with Gasteiger partial charge in [0, 0.05) is 6.07 Å². The van der Waals surface area contributed by atoms with E-state index in [4.69, 9.17) is 4.74 Å². The molecule has 29 heavy (non-hydrogen) atoms. The first kappa shape index (κ1) is 20.6. The van der Waals surface area contributed by atoms with Gasteiger partial charge in [-0.1, -0.05) is 6.08 Å². The molecule has 0 aliphatic heterocycles. The average Bonchev–Trinajstić information content (AvgIpc) is 2.75. The summed E-state index contributed by atoms with van der Waals surface area (Å²) in [5.41, 5.74) is 0. The minimum Gasteiger partial charge on any atom is -0.423 e. The minimum absolute atomic E-state index is 0.171. The third-order valence-electron chi connectivity index (χ3n) is 7.90. The molecule has 0 saturated heterocycles. The van der Waals surface area contributed by atoms with Gasteiger partial charge in [0.05, 0.1) is 5.92 Å². The summed E-state index contributed by atoms with van der Waals surface area (Å²) in [5.74, 6) is 1.78. The molecule has 1 aromatic rings. The predicted octanol–water partition coefficient (Wildman–Crippen LogP) is 6.70. The van der Waals surface area contributed by atoms with Gasteiger partial charge in [0.15, 0.2) is 11.6 Å². The number of carbonyl (C=O) groups excluding carboxylic acids is 1. The second-order valence-corrected chi connectivity index (χ2v) is 9.51. The topological polar surface area (TPSA) is 26.3 Å². The van der Waals surface area contributed by atoms with E-state index in [-0.39, 0.29) is 17.6 Å². The first-order valence-electron chi connectivity index (χ1n) is 11.3. The van der Waals surface area contributed by atoms with Crippen molar-refractivity contribution in [2.24, 2.45) is 35.5 Å². The number of esters is 1. The lowest BCUT2D eigenvalue weighted by Crippen LogP contribution is -2.35. The van der Waals surface area contributed by atoms with Crippen LogP contribution in [-0.4, -0.2) is 5.97 Å². The first-order valence-corrected chi connectivity index (χ1v) is 11.3. The molecule has 0 spiro atoms. The van der Waals surface area contributed by atoms with Crippen molar-refractivity contribution < 1.29 is 18.3 Å². The van der Waals surface area contributed by atoms with E-state index in [1.807, 2.05) is 0 Å². The molecule has 4 unspecified atom stereocenters. The Labute approximate surface area is 172 Å². The summed E-state index contributed by atoms with van der Waals surface area (Å²) in [5, 5.41) is 0. The standard InChI is InChI=1S/C25H32F2O2/c1-2-16-3-4-21-14-20(10-9-19(21)13-16)17-5-7-18(8-6-17)25(28)29-24-12-11-22(26)15-23(24)27/h2,11-12,15-21H,1,3-10,13-14H2. The third-order valence-corrected chi connectivity index (χ3v) is 7.90. The molecule has 2 nitrogen and oxygen atoms in total. The quantitative estimate of drug-likeness (QED) is 0.318. The number of carbonyl (C=O) groups is 1. The zero-order valence-electron chi connectivity index (χ0n) is 17.1. The Balaban J connectivity index is 1.26. The lowest BCUT2D eigenvalue weighted by atomic mass is 9.61. The Morgan fingerprint density at radius 2 is 1.52 bits per heavy atom. The number of hydrogen-bond acceptors (Lipinski definition) is 2. The van der Waals surface area contributed by atoms with Gasteiger partial charge in [-0.05, 0) is 106 Å². The molecule has 4 atom stereocenters. The van der Waals surface area contributed by atoms with Crippen LogP contribution in [0.2, 0.25) is 0 Å². The monoisotopic (exact) mass is 402 g/mol. The molecule has 3 saturated carbocycles. The van der Waals surface area contributed by atoms with Gasteiger partial charge < -0.3 is 4.74 Å². The van der Waals surface area contributed by atoms with E-state index >= 15 is 0 Å². The van der Waals surface area contributed by atoms with Crippen LogP contribution in [0, 0.1) is 47.1 Å². The summed E-state index contributed by atoms with van der Waals surface area (Å²) in [6, 6.07) is 3.05. The smallest absolute Gasteiger partial charge is 0.314 e. The Bertz CT molecular complexity index is 738. The Kier molecular flexibility index (Phi) is 6.36. The summed E-state index contributed by atoms with van der Waals surface area (Å²) < 4.78 is 32.0. The molecule has 0 heterocycles. The minimum atomic E-state index is -0.824. The van der Waals surface area contributed by atoms with E-state index in [0.717, 1.165) is 61.5 Å². The van der Waals surface area contributed by atoms with Crippen molar-refractivity contribution in [1.82, 2.24) is 0 Å². The zero-order chi connectivity index (χ0) is 20.4. The van der Waals surface area contributed by atoms with Gasteiger partial charge in [0.2, 0.25) is 0 Å². The van der Waals surface area contributed by atoms with E-state index in [1.54, 1.807) is 0 Å². The van der Waals surface area contributed by atoms with Gasteiger partial charge in [0.25, 0.3) is 0 Å². The van der Waals surface area contributed by atoms with E-state index in [2.05, 4.69) is 12.7 Å². The van der Waals surface area contributed by atoms with Crippen molar-refractivity contribution in [3.8, 4) is 5.75 Å². The maximum absolute atomic E-state index is 13.7. The number of allylic oxidation sites excluding steroid dienone is 1. The van der Waals surface area contributed by atoms with Crippen LogP contribution in [0.15, 0.2) is 30.9 Å². The van der Waals surface area contributed by atoms with Gasteiger partial charge in [-0.25, -0.2) is 8.78 Å². The van der Waals surface area contributed by atoms with Gasteiger partial charge in [-0.2, -0.15) is 0 Å². The van der Waals surface area contributed by atoms with Gasteiger partial charge in [0.1, 0.15) is 5.82 Å². The van der Waals surface area contributed by atoms with Crippen molar-refractivity contribution in [3.63, 3.8) is 0 Å². The Morgan fingerprint density at radius 3 is 2.21 bits per heavy atom. The number of benzene rings is 1. The average molecular weight is 403 g/mol. The molecule has 158 valence electrons. The highest BCUT2D eigenvalue weighted by molar-refractivity contribution is 5.75. The van der Waals surface area contributed by atoms with Gasteiger partial charge >= 0.3 is 5.97 Å². The second-order valence-electron chi connectivity index (χ2n) is 9.51. The number of fused-ring (bicyclic) bond motifs is 1. The molecule has 4 heteroatoms. The predicted molar refractivity (Wildman–Crippen MR) is 109 cm³/mol. The fraction of sp³-hybridized carbons (Fsp3) is 0.640. The SMILES string of the molecule is C=CC1CCC2CC(C3CCC(C(=O)Oc4ccc(F)cc4F)CC3)CCC2C1. The van der Waals surface area contributed by atoms with Crippen molar-refractivity contribution in [1.29, 1.82) is 0 Å². The van der Waals surface area contributed by atoms with Crippen LogP contribution < -0.4 is 4.74 Å². The van der Waals surface area contributed by atoms with Crippen LogP contribution in [0.3, 0.4) is 0 Å². The molecule has 3 aliphatic carbocycles. The van der Waals surface area contributed by atoms with Crippen molar-refractivity contribution in [2.45, 2.75) is 64.2 Å². The number of halogens is 2. The lowest BCUT2D eigenvalue weighted by Gasteiger charge is -2.45. The number of hydrogen-bond donors (Lipinski definition) is 0. The second kappa shape index (κ2) is 8.97. The molecular weight excluding hydrogens is 370 g/mol. The molecule has 0 radical (unpaired) electrons. The maximum atomic E-state index is 13.7.